The minimum atomic E-state index is -1.12. The van der Waals surface area contributed by atoms with E-state index in [9.17, 15) is 9.90 Å². The second-order valence-electron chi connectivity index (χ2n) is 5.80. The first-order chi connectivity index (χ1) is 8.87. The molecule has 0 unspecified atom stereocenters. The number of oxazole rings is 1. The van der Waals surface area contributed by atoms with Crippen LogP contribution in [0.15, 0.2) is 27.4 Å². The molecule has 0 amide bonds. The summed E-state index contributed by atoms with van der Waals surface area (Å²) < 4.78 is 12.0. The zero-order valence-corrected chi connectivity index (χ0v) is 12.5. The summed E-state index contributed by atoms with van der Waals surface area (Å²) in [5, 5.41) is 9.34. The SMILES string of the molecule is C[Si](C)(C)CCOCn1c(=O)oc2cc(O)ccc21. The molecule has 19 heavy (non-hydrogen) atoms. The maximum atomic E-state index is 11.7. The summed E-state index contributed by atoms with van der Waals surface area (Å²) in [5.41, 5.74) is 1.01. The van der Waals surface area contributed by atoms with E-state index in [-0.39, 0.29) is 12.5 Å². The van der Waals surface area contributed by atoms with Gasteiger partial charge in [-0.25, -0.2) is 9.36 Å². The lowest BCUT2D eigenvalue weighted by atomic mass is 10.3. The molecule has 104 valence electrons. The molecule has 0 saturated heterocycles. The molecule has 1 aromatic carbocycles. The minimum Gasteiger partial charge on any atom is -0.508 e. The van der Waals surface area contributed by atoms with Crippen LogP contribution in [-0.4, -0.2) is 24.4 Å². The Morgan fingerprint density at radius 2 is 2.11 bits per heavy atom. The third-order valence-corrected chi connectivity index (χ3v) is 4.57. The standard InChI is InChI=1S/C13H19NO4Si/c1-19(2,3)7-6-17-9-14-11-5-4-10(15)8-12(11)18-13(14)16/h4-5,8,15H,6-7,9H2,1-3H3. The van der Waals surface area contributed by atoms with Gasteiger partial charge in [0.2, 0.25) is 0 Å². The van der Waals surface area contributed by atoms with Crippen molar-refractivity contribution < 1.29 is 14.3 Å². The Labute approximate surface area is 112 Å². The number of hydrogen-bond acceptors (Lipinski definition) is 4. The van der Waals surface area contributed by atoms with Crippen LogP contribution in [0.25, 0.3) is 11.1 Å². The zero-order chi connectivity index (χ0) is 14.0. The molecule has 2 aromatic rings. The Morgan fingerprint density at radius 1 is 1.37 bits per heavy atom. The number of fused-ring (bicyclic) bond motifs is 1. The normalized spacial score (nSPS) is 12.2. The number of hydrogen-bond donors (Lipinski definition) is 1. The molecular formula is C13H19NO4Si. The van der Waals surface area contributed by atoms with Crippen LogP contribution in [-0.2, 0) is 11.5 Å². The third kappa shape index (κ3) is 3.48. The van der Waals surface area contributed by atoms with E-state index in [2.05, 4.69) is 19.6 Å². The van der Waals surface area contributed by atoms with Gasteiger partial charge < -0.3 is 14.3 Å². The minimum absolute atomic E-state index is 0.0769. The van der Waals surface area contributed by atoms with Gasteiger partial charge in [0, 0.05) is 20.7 Å². The number of rotatable bonds is 5. The predicted molar refractivity (Wildman–Crippen MR) is 76.2 cm³/mol. The van der Waals surface area contributed by atoms with Crippen molar-refractivity contribution in [3.05, 3.63) is 28.7 Å². The molecule has 0 aliphatic heterocycles. The van der Waals surface area contributed by atoms with Crippen molar-refractivity contribution in [3.8, 4) is 5.75 Å². The Balaban J connectivity index is 2.09. The fraction of sp³-hybridized carbons (Fsp3) is 0.462. The van der Waals surface area contributed by atoms with Crippen LogP contribution in [0.1, 0.15) is 0 Å². The molecule has 1 N–H and O–H groups in total. The highest BCUT2D eigenvalue weighted by Gasteiger charge is 2.13. The molecular weight excluding hydrogens is 262 g/mol. The maximum Gasteiger partial charge on any atom is 0.421 e. The smallest absolute Gasteiger partial charge is 0.421 e. The number of ether oxygens (including phenoxy) is 1. The fourth-order valence-corrected chi connectivity index (χ4v) is 2.47. The summed E-state index contributed by atoms with van der Waals surface area (Å²) >= 11 is 0. The van der Waals surface area contributed by atoms with Crippen molar-refractivity contribution in [2.45, 2.75) is 32.4 Å². The molecule has 0 radical (unpaired) electrons. The van der Waals surface area contributed by atoms with E-state index >= 15 is 0 Å². The van der Waals surface area contributed by atoms with Crippen molar-refractivity contribution in [2.75, 3.05) is 6.61 Å². The largest absolute Gasteiger partial charge is 0.508 e. The number of phenolic OH excluding ortho intramolecular Hbond substituents is 1. The number of aromatic nitrogens is 1. The van der Waals surface area contributed by atoms with Gasteiger partial charge in [-0.05, 0) is 18.2 Å². The van der Waals surface area contributed by atoms with Gasteiger partial charge in [-0.15, -0.1) is 0 Å². The first kappa shape index (κ1) is 13.9. The van der Waals surface area contributed by atoms with E-state index in [1.165, 1.54) is 16.7 Å². The van der Waals surface area contributed by atoms with Crippen LogP contribution in [0.2, 0.25) is 25.7 Å². The van der Waals surface area contributed by atoms with Crippen molar-refractivity contribution in [1.82, 2.24) is 4.57 Å². The first-order valence-electron chi connectivity index (χ1n) is 6.27. The second kappa shape index (κ2) is 5.22. The second-order valence-corrected chi connectivity index (χ2v) is 11.4. The summed E-state index contributed by atoms with van der Waals surface area (Å²) in [4.78, 5) is 11.7. The molecule has 1 aromatic heterocycles. The summed E-state index contributed by atoms with van der Waals surface area (Å²) in [6, 6.07) is 5.65. The molecule has 0 spiro atoms. The Bertz CT molecular complexity index is 624. The van der Waals surface area contributed by atoms with Crippen LogP contribution in [0, 0.1) is 0 Å². The van der Waals surface area contributed by atoms with Crippen LogP contribution >= 0.6 is 0 Å². The Kier molecular flexibility index (Phi) is 3.82. The molecule has 0 bridgehead atoms. The lowest BCUT2D eigenvalue weighted by Gasteiger charge is -2.15. The molecule has 0 fully saturated rings. The van der Waals surface area contributed by atoms with Gasteiger partial charge in [0.1, 0.15) is 12.5 Å². The average Bonchev–Trinajstić information content (AvgIpc) is 2.58. The molecule has 0 atom stereocenters. The molecule has 0 aliphatic carbocycles. The predicted octanol–water partition coefficient (Wildman–Crippen LogP) is 2.61. The zero-order valence-electron chi connectivity index (χ0n) is 11.5. The molecule has 1 heterocycles. The van der Waals surface area contributed by atoms with Gasteiger partial charge >= 0.3 is 5.76 Å². The lowest BCUT2D eigenvalue weighted by molar-refractivity contribution is 0.0850. The third-order valence-electron chi connectivity index (χ3n) is 2.87. The van der Waals surface area contributed by atoms with E-state index in [1.807, 2.05) is 0 Å². The van der Waals surface area contributed by atoms with E-state index in [0.29, 0.717) is 17.7 Å². The summed E-state index contributed by atoms with van der Waals surface area (Å²) in [6.45, 7) is 7.66. The molecule has 0 aliphatic rings. The highest BCUT2D eigenvalue weighted by molar-refractivity contribution is 6.76. The molecule has 2 rings (SSSR count). The van der Waals surface area contributed by atoms with Crippen molar-refractivity contribution in [3.63, 3.8) is 0 Å². The Morgan fingerprint density at radius 3 is 2.79 bits per heavy atom. The Hall–Kier alpha value is -1.53. The average molecular weight is 281 g/mol. The van der Waals surface area contributed by atoms with E-state index in [4.69, 9.17) is 9.15 Å². The highest BCUT2D eigenvalue weighted by Crippen LogP contribution is 2.19. The topological polar surface area (TPSA) is 64.6 Å². The number of phenols is 1. The van der Waals surface area contributed by atoms with E-state index in [0.717, 1.165) is 6.04 Å². The summed E-state index contributed by atoms with van der Waals surface area (Å²) in [6.07, 6.45) is 0. The van der Waals surface area contributed by atoms with Gasteiger partial charge in [-0.2, -0.15) is 0 Å². The van der Waals surface area contributed by atoms with E-state index < -0.39 is 13.8 Å². The van der Waals surface area contributed by atoms with Gasteiger partial charge in [-0.3, -0.25) is 0 Å². The molecule has 5 nitrogen and oxygen atoms in total. The van der Waals surface area contributed by atoms with Crippen molar-refractivity contribution >= 4 is 19.2 Å². The summed E-state index contributed by atoms with van der Waals surface area (Å²) in [5.74, 6) is -0.387. The maximum absolute atomic E-state index is 11.7. The van der Waals surface area contributed by atoms with Gasteiger partial charge in [-0.1, -0.05) is 19.6 Å². The molecule has 6 heteroatoms. The summed E-state index contributed by atoms with van der Waals surface area (Å²) in [7, 11) is -1.12. The quantitative estimate of drug-likeness (QED) is 0.676. The van der Waals surface area contributed by atoms with Crippen molar-refractivity contribution in [2.24, 2.45) is 0 Å². The van der Waals surface area contributed by atoms with Crippen LogP contribution in [0.5, 0.6) is 5.75 Å². The monoisotopic (exact) mass is 281 g/mol. The van der Waals surface area contributed by atoms with Gasteiger partial charge in [0.25, 0.3) is 0 Å². The number of aromatic hydroxyl groups is 1. The van der Waals surface area contributed by atoms with Crippen LogP contribution < -0.4 is 5.76 Å². The fourth-order valence-electron chi connectivity index (χ4n) is 1.71. The van der Waals surface area contributed by atoms with Gasteiger partial charge in [0.15, 0.2) is 5.58 Å². The lowest BCUT2D eigenvalue weighted by Crippen LogP contribution is -2.23. The first-order valence-corrected chi connectivity index (χ1v) is 9.98. The van der Waals surface area contributed by atoms with Crippen molar-refractivity contribution in [1.29, 1.82) is 0 Å². The highest BCUT2D eigenvalue weighted by atomic mass is 28.3. The van der Waals surface area contributed by atoms with Crippen LogP contribution in [0.3, 0.4) is 0 Å². The number of nitrogens with zero attached hydrogens (tertiary/aromatic N) is 1. The van der Waals surface area contributed by atoms with E-state index in [1.54, 1.807) is 6.07 Å². The van der Waals surface area contributed by atoms with Gasteiger partial charge in [0.05, 0.1) is 5.52 Å². The van der Waals surface area contributed by atoms with Crippen LogP contribution in [0.4, 0.5) is 0 Å². The molecule has 0 saturated carbocycles. The number of benzene rings is 1.